The molecule has 2 aliphatic rings. The molecule has 1 atom stereocenters. The Morgan fingerprint density at radius 3 is 2.71 bits per heavy atom. The maximum absolute atomic E-state index is 13.7. The Hall–Kier alpha value is -1.05. The maximum atomic E-state index is 13.7. The van der Waals surface area contributed by atoms with Crippen LogP contribution in [0.1, 0.15) is 19.3 Å². The van der Waals surface area contributed by atoms with E-state index in [2.05, 4.69) is 0 Å². The molecule has 1 aromatic carbocycles. The second-order valence-corrected chi connectivity index (χ2v) is 7.53. The Labute approximate surface area is 122 Å². The van der Waals surface area contributed by atoms with Crippen molar-refractivity contribution in [1.29, 1.82) is 0 Å². The zero-order valence-corrected chi connectivity index (χ0v) is 12.3. The molecule has 0 N–H and O–H groups in total. The first-order chi connectivity index (χ1) is 9.96. The van der Waals surface area contributed by atoms with E-state index in [1.54, 1.807) is 0 Å². The van der Waals surface area contributed by atoms with E-state index in [0.29, 0.717) is 18.9 Å². The Bertz CT molecular complexity index is 631. The fourth-order valence-corrected chi connectivity index (χ4v) is 3.99. The number of hydrogen-bond donors (Lipinski definition) is 0. The monoisotopic (exact) mass is 317 g/mol. The lowest BCUT2D eigenvalue weighted by Gasteiger charge is -2.17. The van der Waals surface area contributed by atoms with E-state index >= 15 is 0 Å². The minimum absolute atomic E-state index is 0.156. The van der Waals surface area contributed by atoms with E-state index in [4.69, 9.17) is 4.74 Å². The summed E-state index contributed by atoms with van der Waals surface area (Å²) in [6.07, 6.45) is 2.77. The van der Waals surface area contributed by atoms with Crippen LogP contribution in [0.25, 0.3) is 0 Å². The fraction of sp³-hybridized carbons (Fsp3) is 0.571. The van der Waals surface area contributed by atoms with Crippen molar-refractivity contribution < 1.29 is 21.9 Å². The molecule has 1 saturated heterocycles. The van der Waals surface area contributed by atoms with Gasteiger partial charge in [-0.1, -0.05) is 0 Å². The summed E-state index contributed by atoms with van der Waals surface area (Å²) in [4.78, 5) is -0.606. The van der Waals surface area contributed by atoms with Gasteiger partial charge in [0.05, 0.1) is 6.10 Å². The zero-order chi connectivity index (χ0) is 15.0. The van der Waals surface area contributed by atoms with Crippen molar-refractivity contribution >= 4 is 10.0 Å². The summed E-state index contributed by atoms with van der Waals surface area (Å²) in [5.41, 5.74) is 0. The largest absolute Gasteiger partial charge is 0.377 e. The summed E-state index contributed by atoms with van der Waals surface area (Å²) >= 11 is 0. The lowest BCUT2D eigenvalue weighted by molar-refractivity contribution is 0.0561. The van der Waals surface area contributed by atoms with Crippen LogP contribution in [0.15, 0.2) is 23.1 Å². The first-order valence-corrected chi connectivity index (χ1v) is 8.47. The molecule has 1 aromatic rings. The molecule has 4 nitrogen and oxygen atoms in total. The SMILES string of the molecule is O=S(=O)(c1cc(F)ccc1F)N1CCC(OCC2CC2)C1. The van der Waals surface area contributed by atoms with Crippen LogP contribution in [0.2, 0.25) is 0 Å². The Morgan fingerprint density at radius 1 is 1.24 bits per heavy atom. The Kier molecular flexibility index (Phi) is 3.98. The van der Waals surface area contributed by atoms with E-state index in [9.17, 15) is 17.2 Å². The minimum Gasteiger partial charge on any atom is -0.377 e. The van der Waals surface area contributed by atoms with Gasteiger partial charge in [-0.15, -0.1) is 0 Å². The summed E-state index contributed by atoms with van der Waals surface area (Å²) in [7, 11) is -4.01. The first-order valence-electron chi connectivity index (χ1n) is 7.03. The maximum Gasteiger partial charge on any atom is 0.246 e. The first kappa shape index (κ1) is 14.9. The standard InChI is InChI=1S/C14H17F2NO3S/c15-11-3-4-13(16)14(7-11)21(18,19)17-6-5-12(8-17)20-9-10-1-2-10/h3-4,7,10,12H,1-2,5-6,8-9H2. The average Bonchev–Trinajstić information content (AvgIpc) is 3.15. The molecule has 0 radical (unpaired) electrons. The molecule has 1 heterocycles. The molecule has 0 amide bonds. The van der Waals surface area contributed by atoms with Crippen LogP contribution in [0.3, 0.4) is 0 Å². The predicted molar refractivity (Wildman–Crippen MR) is 72.2 cm³/mol. The molecule has 0 bridgehead atoms. The number of ether oxygens (including phenoxy) is 1. The normalized spacial score (nSPS) is 23.6. The molecule has 21 heavy (non-hydrogen) atoms. The topological polar surface area (TPSA) is 46.6 Å². The number of nitrogens with zero attached hydrogens (tertiary/aromatic N) is 1. The molecular formula is C14H17F2NO3S. The number of hydrogen-bond acceptors (Lipinski definition) is 3. The molecule has 0 spiro atoms. The van der Waals surface area contributed by atoms with Crippen LogP contribution in [0.5, 0.6) is 0 Å². The van der Waals surface area contributed by atoms with Crippen molar-refractivity contribution in [3.63, 3.8) is 0 Å². The summed E-state index contributed by atoms with van der Waals surface area (Å²) in [6.45, 7) is 1.13. The van der Waals surface area contributed by atoms with Crippen LogP contribution in [-0.2, 0) is 14.8 Å². The van der Waals surface area contributed by atoms with E-state index in [-0.39, 0.29) is 19.2 Å². The predicted octanol–water partition coefficient (Wildman–Crippen LogP) is 2.15. The van der Waals surface area contributed by atoms with Crippen molar-refractivity contribution in [2.45, 2.75) is 30.3 Å². The third-order valence-electron chi connectivity index (χ3n) is 3.88. The van der Waals surface area contributed by atoms with Crippen molar-refractivity contribution in [1.82, 2.24) is 4.31 Å². The number of halogens is 2. The number of rotatable bonds is 5. The van der Waals surface area contributed by atoms with Crippen LogP contribution in [0, 0.1) is 17.6 Å². The third kappa shape index (κ3) is 3.25. The van der Waals surface area contributed by atoms with E-state index < -0.39 is 26.6 Å². The molecule has 1 saturated carbocycles. The van der Waals surface area contributed by atoms with Gasteiger partial charge in [-0.25, -0.2) is 17.2 Å². The van der Waals surface area contributed by atoms with Crippen molar-refractivity contribution in [3.8, 4) is 0 Å². The number of sulfonamides is 1. The van der Waals surface area contributed by atoms with E-state index in [0.717, 1.165) is 18.2 Å². The highest BCUT2D eigenvalue weighted by Crippen LogP contribution is 2.31. The van der Waals surface area contributed by atoms with Crippen LogP contribution >= 0.6 is 0 Å². The van der Waals surface area contributed by atoms with E-state index in [1.807, 2.05) is 0 Å². The third-order valence-corrected chi connectivity index (χ3v) is 5.76. The zero-order valence-electron chi connectivity index (χ0n) is 11.5. The molecule has 2 fully saturated rings. The molecule has 7 heteroatoms. The molecule has 1 aliphatic carbocycles. The Balaban J connectivity index is 1.71. The van der Waals surface area contributed by atoms with Gasteiger partial charge in [-0.05, 0) is 43.4 Å². The summed E-state index contributed by atoms with van der Waals surface area (Å²) in [5, 5.41) is 0. The molecule has 1 unspecified atom stereocenters. The van der Waals surface area contributed by atoms with Gasteiger partial charge < -0.3 is 4.74 Å². The van der Waals surface area contributed by atoms with Gasteiger partial charge in [0.25, 0.3) is 0 Å². The summed E-state index contributed by atoms with van der Waals surface area (Å²) < 4.78 is 58.4. The highest BCUT2D eigenvalue weighted by molar-refractivity contribution is 7.89. The van der Waals surface area contributed by atoms with Gasteiger partial charge >= 0.3 is 0 Å². The molecule has 3 rings (SSSR count). The molecule has 1 aliphatic heterocycles. The average molecular weight is 317 g/mol. The quantitative estimate of drug-likeness (QED) is 0.836. The van der Waals surface area contributed by atoms with Crippen molar-refractivity contribution in [3.05, 3.63) is 29.8 Å². The lowest BCUT2D eigenvalue weighted by atomic mass is 10.3. The van der Waals surface area contributed by atoms with Crippen LogP contribution in [-0.4, -0.2) is 38.5 Å². The second-order valence-electron chi connectivity index (χ2n) is 5.63. The van der Waals surface area contributed by atoms with Crippen molar-refractivity contribution in [2.75, 3.05) is 19.7 Å². The van der Waals surface area contributed by atoms with Gasteiger partial charge in [0, 0.05) is 19.7 Å². The minimum atomic E-state index is -4.01. The number of benzene rings is 1. The summed E-state index contributed by atoms with van der Waals surface area (Å²) in [5.74, 6) is -1.09. The van der Waals surface area contributed by atoms with Gasteiger partial charge in [-0.3, -0.25) is 0 Å². The molecular weight excluding hydrogens is 300 g/mol. The molecule has 116 valence electrons. The van der Waals surface area contributed by atoms with Crippen molar-refractivity contribution in [2.24, 2.45) is 5.92 Å². The van der Waals surface area contributed by atoms with Gasteiger partial charge in [0.2, 0.25) is 10.0 Å². The van der Waals surface area contributed by atoms with Gasteiger partial charge in [-0.2, -0.15) is 4.31 Å². The Morgan fingerprint density at radius 2 is 2.00 bits per heavy atom. The highest BCUT2D eigenvalue weighted by Gasteiger charge is 2.35. The van der Waals surface area contributed by atoms with Crippen LogP contribution in [0.4, 0.5) is 8.78 Å². The van der Waals surface area contributed by atoms with Gasteiger partial charge in [0.15, 0.2) is 0 Å². The van der Waals surface area contributed by atoms with E-state index in [1.165, 1.54) is 17.1 Å². The second kappa shape index (κ2) is 5.62. The smallest absolute Gasteiger partial charge is 0.246 e. The fourth-order valence-electron chi connectivity index (χ4n) is 2.42. The molecule has 0 aromatic heterocycles. The van der Waals surface area contributed by atoms with Gasteiger partial charge in [0.1, 0.15) is 16.5 Å². The van der Waals surface area contributed by atoms with Crippen LogP contribution < -0.4 is 0 Å². The lowest BCUT2D eigenvalue weighted by Crippen LogP contribution is -2.31. The summed E-state index contributed by atoms with van der Waals surface area (Å²) in [6, 6.07) is 2.46. The highest BCUT2D eigenvalue weighted by atomic mass is 32.2.